The summed E-state index contributed by atoms with van der Waals surface area (Å²) in [5.74, 6) is -0.208. The number of anilines is 1. The van der Waals surface area contributed by atoms with Crippen molar-refractivity contribution in [2.75, 3.05) is 4.90 Å². The Morgan fingerprint density at radius 1 is 1.06 bits per heavy atom. The van der Waals surface area contributed by atoms with Gasteiger partial charge in [0.2, 0.25) is 15.9 Å². The van der Waals surface area contributed by atoms with Crippen molar-refractivity contribution < 1.29 is 13.2 Å². The van der Waals surface area contributed by atoms with E-state index in [1.165, 1.54) is 6.07 Å². The molecule has 8 heteroatoms. The summed E-state index contributed by atoms with van der Waals surface area (Å²) in [6.45, 7) is 1.96. The van der Waals surface area contributed by atoms with Crippen LogP contribution in [0.5, 0.6) is 0 Å². The highest BCUT2D eigenvalue weighted by atomic mass is 35.5. The molecule has 2 atom stereocenters. The normalized spacial score (nSPS) is 19.7. The summed E-state index contributed by atoms with van der Waals surface area (Å²) < 4.78 is 23.9. The molecule has 1 aromatic heterocycles. The van der Waals surface area contributed by atoms with Crippen LogP contribution in [0, 0.1) is 5.92 Å². The van der Waals surface area contributed by atoms with Crippen molar-refractivity contribution in [1.82, 2.24) is 4.98 Å². The van der Waals surface area contributed by atoms with Gasteiger partial charge in [-0.1, -0.05) is 29.8 Å². The van der Waals surface area contributed by atoms with Crippen molar-refractivity contribution in [1.29, 1.82) is 0 Å². The van der Waals surface area contributed by atoms with Crippen LogP contribution >= 0.6 is 11.6 Å². The Kier molecular flexibility index (Phi) is 5.08. The van der Waals surface area contributed by atoms with Gasteiger partial charge in [-0.3, -0.25) is 9.78 Å². The summed E-state index contributed by atoms with van der Waals surface area (Å²) in [6.07, 6.45) is 3.69. The minimum Gasteiger partial charge on any atom is -0.309 e. The van der Waals surface area contributed by atoms with Crippen LogP contribution in [0.15, 0.2) is 59.6 Å². The van der Waals surface area contributed by atoms with Gasteiger partial charge in [-0.25, -0.2) is 13.6 Å². The number of halogens is 1. The Bertz CT molecular complexity index is 1340. The van der Waals surface area contributed by atoms with E-state index in [4.69, 9.17) is 16.7 Å². The Morgan fingerprint density at radius 3 is 2.56 bits per heavy atom. The quantitative estimate of drug-likeness (QED) is 0.634. The summed E-state index contributed by atoms with van der Waals surface area (Å²) in [5, 5.41) is 5.42. The lowest BCUT2D eigenvalue weighted by molar-refractivity contribution is -0.122. The first kappa shape index (κ1) is 21.1. The molecule has 32 heavy (non-hydrogen) atoms. The number of carbonyl (C=O) groups is 1. The molecule has 6 nitrogen and oxygen atoms in total. The number of fused-ring (bicyclic) bond motifs is 2. The number of benzene rings is 2. The molecule has 0 bridgehead atoms. The maximum atomic E-state index is 13.6. The van der Waals surface area contributed by atoms with Gasteiger partial charge in [0, 0.05) is 29.4 Å². The van der Waals surface area contributed by atoms with E-state index in [2.05, 4.69) is 17.1 Å². The van der Waals surface area contributed by atoms with E-state index < -0.39 is 10.0 Å². The van der Waals surface area contributed by atoms with E-state index in [1.54, 1.807) is 17.2 Å². The molecule has 0 radical (unpaired) electrons. The van der Waals surface area contributed by atoms with Gasteiger partial charge in [-0.15, -0.1) is 0 Å². The molecule has 2 aliphatic rings. The number of amides is 1. The molecular formula is C24H22ClN3O3S. The van der Waals surface area contributed by atoms with Crippen LogP contribution in [0.2, 0.25) is 5.02 Å². The second kappa shape index (κ2) is 7.69. The van der Waals surface area contributed by atoms with E-state index in [9.17, 15) is 13.2 Å². The molecule has 0 saturated heterocycles. The zero-order valence-electron chi connectivity index (χ0n) is 17.5. The van der Waals surface area contributed by atoms with Gasteiger partial charge >= 0.3 is 0 Å². The van der Waals surface area contributed by atoms with E-state index in [-0.39, 0.29) is 27.8 Å². The summed E-state index contributed by atoms with van der Waals surface area (Å²) in [5.41, 5.74) is 5.69. The Balaban J connectivity index is 1.44. The topological polar surface area (TPSA) is 93.4 Å². The van der Waals surface area contributed by atoms with Crippen LogP contribution in [-0.2, 0) is 34.1 Å². The molecule has 0 spiro atoms. The molecule has 2 heterocycles. The number of sulfonamides is 1. The van der Waals surface area contributed by atoms with Crippen LogP contribution in [0.1, 0.15) is 23.6 Å². The molecule has 1 aliphatic carbocycles. The summed E-state index contributed by atoms with van der Waals surface area (Å²) in [4.78, 5) is 19.6. The van der Waals surface area contributed by atoms with Gasteiger partial charge in [-0.2, -0.15) is 0 Å². The molecule has 2 N–H and O–H groups in total. The molecule has 0 fully saturated rings. The van der Waals surface area contributed by atoms with Crippen molar-refractivity contribution >= 4 is 33.2 Å². The predicted molar refractivity (Wildman–Crippen MR) is 124 cm³/mol. The fraction of sp³-hybridized carbons (Fsp3) is 0.250. The van der Waals surface area contributed by atoms with Crippen molar-refractivity contribution in [3.8, 4) is 11.3 Å². The fourth-order valence-electron chi connectivity index (χ4n) is 4.85. The zero-order chi connectivity index (χ0) is 22.6. The number of hydrogen-bond donors (Lipinski definition) is 1. The second-order valence-electron chi connectivity index (χ2n) is 8.52. The monoisotopic (exact) mass is 467 g/mol. The van der Waals surface area contributed by atoms with Crippen LogP contribution in [0.4, 0.5) is 5.69 Å². The number of rotatable bonds is 3. The number of carbonyl (C=O) groups excluding carboxylic acids is 1. The maximum Gasteiger partial charge on any atom is 0.239 e. The van der Waals surface area contributed by atoms with E-state index in [0.29, 0.717) is 24.9 Å². The van der Waals surface area contributed by atoms with Crippen LogP contribution in [-0.4, -0.2) is 25.4 Å². The summed E-state index contributed by atoms with van der Waals surface area (Å²) in [7, 11) is -3.99. The third kappa shape index (κ3) is 3.60. The first-order valence-corrected chi connectivity index (χ1v) is 12.4. The van der Waals surface area contributed by atoms with E-state index >= 15 is 0 Å². The number of primary sulfonamides is 1. The largest absolute Gasteiger partial charge is 0.309 e. The molecule has 0 saturated carbocycles. The van der Waals surface area contributed by atoms with E-state index in [1.807, 2.05) is 31.2 Å². The van der Waals surface area contributed by atoms with Gasteiger partial charge in [0.1, 0.15) is 4.90 Å². The third-order valence-electron chi connectivity index (χ3n) is 6.34. The minimum absolute atomic E-state index is 0.00507. The third-order valence-corrected chi connectivity index (χ3v) is 7.72. The van der Waals surface area contributed by atoms with Gasteiger partial charge in [0.05, 0.1) is 10.7 Å². The SMILES string of the molecule is C[C@H]1Cc2cc(Cl)c(S(N)(=O)=O)cc2N1C(=O)C1Cc2ccc(-c3ccccn3)cc2C1. The maximum absolute atomic E-state index is 13.6. The first-order valence-electron chi connectivity index (χ1n) is 10.4. The molecular weight excluding hydrogens is 446 g/mol. The Hall–Kier alpha value is -2.74. The number of nitrogens with two attached hydrogens (primary N) is 1. The Morgan fingerprint density at radius 2 is 1.84 bits per heavy atom. The highest BCUT2D eigenvalue weighted by Gasteiger charge is 2.38. The molecule has 3 aromatic rings. The van der Waals surface area contributed by atoms with E-state index in [0.717, 1.165) is 27.9 Å². The summed E-state index contributed by atoms with van der Waals surface area (Å²) in [6, 6.07) is 15.0. The summed E-state index contributed by atoms with van der Waals surface area (Å²) >= 11 is 6.15. The van der Waals surface area contributed by atoms with Crippen molar-refractivity contribution in [2.45, 2.75) is 37.1 Å². The number of pyridine rings is 1. The molecule has 1 unspecified atom stereocenters. The van der Waals surface area contributed by atoms with Crippen LogP contribution in [0.25, 0.3) is 11.3 Å². The lowest BCUT2D eigenvalue weighted by atomic mass is 10.0. The number of aromatic nitrogens is 1. The van der Waals surface area contributed by atoms with Crippen molar-refractivity contribution in [3.63, 3.8) is 0 Å². The standard InChI is InChI=1S/C24H22ClN3O3S/c1-14-8-18-12-20(25)23(32(26,30)31)13-22(18)28(14)24(29)19-9-15-5-6-16(10-17(15)11-19)21-4-2-3-7-27-21/h2-7,10,12-14,19H,8-9,11H2,1H3,(H2,26,30,31)/t14-,19?/m0/s1. The lowest BCUT2D eigenvalue weighted by Crippen LogP contribution is -2.40. The van der Waals surface area contributed by atoms with Gasteiger partial charge in [0.25, 0.3) is 0 Å². The average molecular weight is 468 g/mol. The predicted octanol–water partition coefficient (Wildman–Crippen LogP) is 3.74. The second-order valence-corrected chi connectivity index (χ2v) is 10.5. The molecule has 164 valence electrons. The fourth-order valence-corrected chi connectivity index (χ4v) is 5.97. The highest BCUT2D eigenvalue weighted by molar-refractivity contribution is 7.89. The van der Waals surface area contributed by atoms with Crippen LogP contribution < -0.4 is 10.0 Å². The molecule has 5 rings (SSSR count). The minimum atomic E-state index is -3.99. The average Bonchev–Trinajstić information content (AvgIpc) is 3.32. The van der Waals surface area contributed by atoms with Gasteiger partial charge in [-0.05, 0) is 73.2 Å². The Labute approximate surface area is 192 Å². The van der Waals surface area contributed by atoms with Gasteiger partial charge in [0.15, 0.2) is 0 Å². The zero-order valence-corrected chi connectivity index (χ0v) is 19.0. The lowest BCUT2D eigenvalue weighted by Gasteiger charge is -2.26. The highest BCUT2D eigenvalue weighted by Crippen LogP contribution is 2.40. The van der Waals surface area contributed by atoms with Crippen molar-refractivity contribution in [3.05, 3.63) is 76.4 Å². The first-order chi connectivity index (χ1) is 15.2. The van der Waals surface area contributed by atoms with Crippen LogP contribution in [0.3, 0.4) is 0 Å². The number of hydrogen-bond acceptors (Lipinski definition) is 4. The molecule has 1 aliphatic heterocycles. The molecule has 1 amide bonds. The number of nitrogens with zero attached hydrogens (tertiary/aromatic N) is 2. The van der Waals surface area contributed by atoms with Crippen molar-refractivity contribution in [2.24, 2.45) is 11.1 Å². The van der Waals surface area contributed by atoms with Gasteiger partial charge < -0.3 is 4.90 Å². The molecule has 2 aromatic carbocycles. The smallest absolute Gasteiger partial charge is 0.239 e.